The van der Waals surface area contributed by atoms with Crippen molar-refractivity contribution in [3.8, 4) is 0 Å². The van der Waals surface area contributed by atoms with E-state index < -0.39 is 6.10 Å². The number of carbonyl (C=O) groups excluding carboxylic acids is 2. The van der Waals surface area contributed by atoms with Gasteiger partial charge in [0.25, 0.3) is 0 Å². The van der Waals surface area contributed by atoms with Crippen LogP contribution in [-0.2, 0) is 23.8 Å². The van der Waals surface area contributed by atoms with Gasteiger partial charge in [-0.3, -0.25) is 9.59 Å². The molecule has 5 nitrogen and oxygen atoms in total. The maximum atomic E-state index is 12.9. The molecule has 0 heterocycles. The predicted molar refractivity (Wildman–Crippen MR) is 298 cm³/mol. The van der Waals surface area contributed by atoms with Gasteiger partial charge in [0.05, 0.1) is 6.61 Å². The Balaban J connectivity index is 4.18. The Morgan fingerprint density at radius 2 is 0.485 bits per heavy atom. The molecule has 0 N–H and O–H groups in total. The van der Waals surface area contributed by atoms with E-state index in [0.717, 1.165) is 32.1 Å². The lowest BCUT2D eigenvalue weighted by molar-refractivity contribution is -0.163. The molecule has 5 heteroatoms. The van der Waals surface area contributed by atoms with Crippen LogP contribution >= 0.6 is 0 Å². The number of unbranched alkanes of at least 4 members (excludes halogenated alkanes) is 49. The van der Waals surface area contributed by atoms with Gasteiger partial charge in [0.1, 0.15) is 6.61 Å². The van der Waals surface area contributed by atoms with Gasteiger partial charge in [0.2, 0.25) is 0 Å². The fourth-order valence-electron chi connectivity index (χ4n) is 9.93. The first-order chi connectivity index (χ1) is 33.6. The highest BCUT2D eigenvalue weighted by Gasteiger charge is 2.18. The molecule has 0 bridgehead atoms. The Bertz CT molecular complexity index is 952. The van der Waals surface area contributed by atoms with Crippen molar-refractivity contribution in [3.63, 3.8) is 0 Å². The molecule has 0 aromatic rings. The van der Waals surface area contributed by atoms with E-state index in [9.17, 15) is 9.59 Å². The van der Waals surface area contributed by atoms with Crippen LogP contribution in [0.2, 0.25) is 0 Å². The minimum absolute atomic E-state index is 0.0989. The van der Waals surface area contributed by atoms with E-state index in [0.29, 0.717) is 26.1 Å². The zero-order valence-electron chi connectivity index (χ0n) is 46.9. The van der Waals surface area contributed by atoms with Crippen LogP contribution in [0.4, 0.5) is 0 Å². The van der Waals surface area contributed by atoms with Gasteiger partial charge in [0, 0.05) is 19.4 Å². The first kappa shape index (κ1) is 66.9. The van der Waals surface area contributed by atoms with E-state index in [-0.39, 0.29) is 18.5 Å². The van der Waals surface area contributed by atoms with Crippen LogP contribution < -0.4 is 0 Å². The highest BCUT2D eigenvalue weighted by atomic mass is 16.6. The highest BCUT2D eigenvalue weighted by molar-refractivity contribution is 5.70. The number of carbonyl (C=O) groups is 2. The van der Waals surface area contributed by atoms with E-state index in [4.69, 9.17) is 14.2 Å². The molecule has 68 heavy (non-hydrogen) atoms. The molecular formula is C63H124O5. The first-order valence-corrected chi connectivity index (χ1v) is 31.6. The fraction of sp³-hybridized carbons (Fsp3) is 0.968. The van der Waals surface area contributed by atoms with Crippen molar-refractivity contribution in [2.45, 2.75) is 374 Å². The summed E-state index contributed by atoms with van der Waals surface area (Å²) in [5.74, 6) is -0.361. The fourth-order valence-corrected chi connectivity index (χ4v) is 9.93. The predicted octanol–water partition coefficient (Wildman–Crippen LogP) is 21.6. The molecule has 1 atom stereocenters. The minimum atomic E-state index is -0.525. The molecule has 0 aromatic carbocycles. The molecule has 0 fully saturated rings. The summed E-state index contributed by atoms with van der Waals surface area (Å²) in [4.78, 5) is 25.6. The number of ether oxygens (including phenoxy) is 3. The quantitative estimate of drug-likeness (QED) is 0.0449. The van der Waals surface area contributed by atoms with Crippen LogP contribution in [0.5, 0.6) is 0 Å². The summed E-state index contributed by atoms with van der Waals surface area (Å²) in [5, 5.41) is 0. The highest BCUT2D eigenvalue weighted by Crippen LogP contribution is 2.18. The summed E-state index contributed by atoms with van der Waals surface area (Å²) in [6.07, 6.45) is 69.9. The molecule has 0 amide bonds. The summed E-state index contributed by atoms with van der Waals surface area (Å²) in [7, 11) is 0. The van der Waals surface area contributed by atoms with Crippen molar-refractivity contribution in [2.24, 2.45) is 0 Å². The summed E-state index contributed by atoms with van der Waals surface area (Å²) >= 11 is 0. The van der Waals surface area contributed by atoms with Gasteiger partial charge in [-0.2, -0.15) is 0 Å². The second-order valence-electron chi connectivity index (χ2n) is 21.7. The Labute approximate surface area is 427 Å². The van der Waals surface area contributed by atoms with E-state index in [1.165, 1.54) is 302 Å². The Kier molecular flexibility index (Phi) is 59.2. The van der Waals surface area contributed by atoms with Gasteiger partial charge in [-0.25, -0.2) is 0 Å². The monoisotopic (exact) mass is 961 g/mol. The van der Waals surface area contributed by atoms with Crippen LogP contribution in [0, 0.1) is 0 Å². The molecule has 0 aliphatic heterocycles. The maximum Gasteiger partial charge on any atom is 0.306 e. The van der Waals surface area contributed by atoms with Crippen molar-refractivity contribution in [2.75, 3.05) is 19.8 Å². The van der Waals surface area contributed by atoms with Gasteiger partial charge < -0.3 is 14.2 Å². The van der Waals surface area contributed by atoms with Crippen LogP contribution in [0.15, 0.2) is 0 Å². The summed E-state index contributed by atoms with van der Waals surface area (Å²) < 4.78 is 17.6. The van der Waals surface area contributed by atoms with E-state index in [1.807, 2.05) is 0 Å². The average Bonchev–Trinajstić information content (AvgIpc) is 3.34. The largest absolute Gasteiger partial charge is 0.462 e. The Hall–Kier alpha value is -1.10. The van der Waals surface area contributed by atoms with Crippen molar-refractivity contribution in [1.29, 1.82) is 0 Å². The lowest BCUT2D eigenvalue weighted by Gasteiger charge is -2.18. The normalized spacial score (nSPS) is 12.0. The first-order valence-electron chi connectivity index (χ1n) is 31.6. The standard InChI is InChI=1S/C63H124O5/c1-4-7-10-13-16-19-22-25-28-31-34-37-40-43-46-49-52-55-58-66-59-61(68-63(65)57-54-51-48-45-42-39-36-33-30-27-24-21-18-15-12-9-6-3)60-67-62(64)56-53-50-47-44-41-38-35-32-29-26-23-20-17-14-11-8-5-2/h61H,4-60H2,1-3H3/t61-/m0/s1. The molecule has 0 spiro atoms. The van der Waals surface area contributed by atoms with Crippen LogP contribution in [0.3, 0.4) is 0 Å². The van der Waals surface area contributed by atoms with Crippen molar-refractivity contribution in [3.05, 3.63) is 0 Å². The molecule has 0 saturated heterocycles. The average molecular weight is 962 g/mol. The lowest BCUT2D eigenvalue weighted by atomic mass is 10.0. The van der Waals surface area contributed by atoms with E-state index in [2.05, 4.69) is 20.8 Å². The molecule has 0 aliphatic rings. The second-order valence-corrected chi connectivity index (χ2v) is 21.7. The number of hydrogen-bond donors (Lipinski definition) is 0. The Morgan fingerprint density at radius 1 is 0.265 bits per heavy atom. The topological polar surface area (TPSA) is 61.8 Å². The van der Waals surface area contributed by atoms with Crippen molar-refractivity contribution in [1.82, 2.24) is 0 Å². The lowest BCUT2D eigenvalue weighted by Crippen LogP contribution is -2.30. The van der Waals surface area contributed by atoms with Crippen molar-refractivity contribution >= 4 is 11.9 Å². The van der Waals surface area contributed by atoms with Gasteiger partial charge >= 0.3 is 11.9 Å². The van der Waals surface area contributed by atoms with E-state index in [1.54, 1.807) is 0 Å². The summed E-state index contributed by atoms with van der Waals surface area (Å²) in [5.41, 5.74) is 0. The minimum Gasteiger partial charge on any atom is -0.462 e. The second kappa shape index (κ2) is 60.2. The van der Waals surface area contributed by atoms with Gasteiger partial charge in [-0.05, 0) is 19.3 Å². The summed E-state index contributed by atoms with van der Waals surface area (Å²) in [6.45, 7) is 7.94. The van der Waals surface area contributed by atoms with Gasteiger partial charge in [0.15, 0.2) is 6.10 Å². The van der Waals surface area contributed by atoms with Crippen molar-refractivity contribution < 1.29 is 23.8 Å². The SMILES string of the molecule is CCCCCCCCCCCCCCCCCCCCOC[C@@H](COC(=O)CCCCCCCCCCCCCCCCCCC)OC(=O)CCCCCCCCCCCCCCCCCCC. The molecule has 0 radical (unpaired) electrons. The maximum absolute atomic E-state index is 12.9. The molecule has 0 rings (SSSR count). The van der Waals surface area contributed by atoms with Crippen LogP contribution in [0.25, 0.3) is 0 Å². The molecule has 406 valence electrons. The van der Waals surface area contributed by atoms with Gasteiger partial charge in [-0.15, -0.1) is 0 Å². The third kappa shape index (κ3) is 57.5. The number of rotatable bonds is 60. The molecular weight excluding hydrogens is 837 g/mol. The third-order valence-corrected chi connectivity index (χ3v) is 14.6. The number of hydrogen-bond acceptors (Lipinski definition) is 5. The van der Waals surface area contributed by atoms with E-state index >= 15 is 0 Å². The molecule has 0 saturated carbocycles. The van der Waals surface area contributed by atoms with Crippen LogP contribution in [-0.4, -0.2) is 37.9 Å². The number of esters is 2. The zero-order chi connectivity index (χ0) is 49.2. The van der Waals surface area contributed by atoms with Crippen LogP contribution in [0.1, 0.15) is 367 Å². The summed E-state index contributed by atoms with van der Waals surface area (Å²) in [6, 6.07) is 0. The Morgan fingerprint density at radius 3 is 0.750 bits per heavy atom. The zero-order valence-corrected chi connectivity index (χ0v) is 46.9. The molecule has 0 unspecified atom stereocenters. The third-order valence-electron chi connectivity index (χ3n) is 14.6. The van der Waals surface area contributed by atoms with Gasteiger partial charge in [-0.1, -0.05) is 335 Å². The molecule has 0 aromatic heterocycles. The smallest absolute Gasteiger partial charge is 0.306 e. The molecule has 0 aliphatic carbocycles.